The number of aryl methyl sites for hydroxylation is 1. The fourth-order valence-corrected chi connectivity index (χ4v) is 1.98. The smallest absolute Gasteiger partial charge is 0.313 e. The lowest BCUT2D eigenvalue weighted by atomic mass is 10.2. The number of carbonyl (C=O) groups excluding carboxylic acids is 1. The molecule has 1 aromatic carbocycles. The first-order valence-corrected chi connectivity index (χ1v) is 6.67. The third kappa shape index (κ3) is 3.20. The average Bonchev–Trinajstić information content (AvgIpc) is 2.82. The number of benzene rings is 1. The zero-order valence-electron chi connectivity index (χ0n) is 10.9. The van der Waals surface area contributed by atoms with Crippen LogP contribution in [0.2, 0.25) is 0 Å². The second-order valence-electron chi connectivity index (χ2n) is 4.51. The molecule has 0 spiro atoms. The number of carbonyl (C=O) groups is 1. The monoisotopic (exact) mass is 323 g/mol. The molecule has 0 aliphatic carbocycles. The van der Waals surface area contributed by atoms with Gasteiger partial charge in [-0.1, -0.05) is 29.8 Å². The number of amides is 1. The van der Waals surface area contributed by atoms with E-state index in [4.69, 9.17) is 4.42 Å². The standard InChI is InChI=1S/C13H14BrN3O2/c1-7(2)12-16-17-13(19-12)11(18)15-10-5-4-9(14)6-8(10)3/h4-7H,1-3H3,(H,15,18). The topological polar surface area (TPSA) is 68.0 Å². The maximum atomic E-state index is 12.0. The summed E-state index contributed by atoms with van der Waals surface area (Å²) in [6.45, 7) is 5.76. The van der Waals surface area contributed by atoms with E-state index in [0.717, 1.165) is 15.7 Å². The van der Waals surface area contributed by atoms with Crippen molar-refractivity contribution in [2.45, 2.75) is 26.7 Å². The van der Waals surface area contributed by atoms with Gasteiger partial charge in [0.1, 0.15) is 0 Å². The fraction of sp³-hybridized carbons (Fsp3) is 0.308. The molecule has 1 heterocycles. The largest absolute Gasteiger partial charge is 0.417 e. The molecule has 0 radical (unpaired) electrons. The molecule has 1 N–H and O–H groups in total. The summed E-state index contributed by atoms with van der Waals surface area (Å²) in [5.41, 5.74) is 1.67. The van der Waals surface area contributed by atoms with Gasteiger partial charge in [-0.3, -0.25) is 4.79 Å². The van der Waals surface area contributed by atoms with Crippen LogP contribution in [0.4, 0.5) is 5.69 Å². The fourth-order valence-electron chi connectivity index (χ4n) is 1.50. The molecule has 0 saturated carbocycles. The lowest BCUT2D eigenvalue weighted by Crippen LogP contribution is -2.13. The predicted molar refractivity (Wildman–Crippen MR) is 75.2 cm³/mol. The lowest BCUT2D eigenvalue weighted by molar-refractivity contribution is 0.0988. The number of nitrogens with one attached hydrogen (secondary N) is 1. The number of nitrogens with zero attached hydrogens (tertiary/aromatic N) is 2. The van der Waals surface area contributed by atoms with E-state index in [2.05, 4.69) is 31.4 Å². The molecular formula is C13H14BrN3O2. The van der Waals surface area contributed by atoms with Gasteiger partial charge in [0.2, 0.25) is 5.89 Å². The summed E-state index contributed by atoms with van der Waals surface area (Å²) >= 11 is 3.37. The zero-order chi connectivity index (χ0) is 14.0. The van der Waals surface area contributed by atoms with Crippen molar-refractivity contribution in [1.82, 2.24) is 10.2 Å². The molecule has 0 unspecified atom stereocenters. The number of aromatic nitrogens is 2. The Bertz CT molecular complexity index is 608. The lowest BCUT2D eigenvalue weighted by Gasteiger charge is -2.06. The van der Waals surface area contributed by atoms with Crippen LogP contribution >= 0.6 is 15.9 Å². The summed E-state index contributed by atoms with van der Waals surface area (Å²) in [5.74, 6) is 0.136. The maximum absolute atomic E-state index is 12.0. The molecule has 0 aliphatic heterocycles. The van der Waals surface area contributed by atoms with Crippen molar-refractivity contribution in [2.24, 2.45) is 0 Å². The zero-order valence-corrected chi connectivity index (χ0v) is 12.5. The normalized spacial score (nSPS) is 10.8. The Kier molecular flexibility index (Phi) is 3.99. The van der Waals surface area contributed by atoms with Crippen LogP contribution in [-0.4, -0.2) is 16.1 Å². The van der Waals surface area contributed by atoms with Crippen LogP contribution in [-0.2, 0) is 0 Å². The Morgan fingerprint density at radius 1 is 1.37 bits per heavy atom. The van der Waals surface area contributed by atoms with Crippen LogP contribution in [0.3, 0.4) is 0 Å². The van der Waals surface area contributed by atoms with E-state index in [1.807, 2.05) is 39.0 Å². The average molecular weight is 324 g/mol. The van der Waals surface area contributed by atoms with Gasteiger partial charge in [0.25, 0.3) is 0 Å². The first-order valence-electron chi connectivity index (χ1n) is 5.88. The Balaban J connectivity index is 2.16. The van der Waals surface area contributed by atoms with Crippen molar-refractivity contribution in [3.63, 3.8) is 0 Å². The summed E-state index contributed by atoms with van der Waals surface area (Å²) in [7, 11) is 0. The van der Waals surface area contributed by atoms with Crippen molar-refractivity contribution >= 4 is 27.5 Å². The van der Waals surface area contributed by atoms with Gasteiger partial charge in [-0.25, -0.2) is 0 Å². The number of rotatable bonds is 3. The minimum atomic E-state index is -0.398. The molecule has 2 aromatic rings. The maximum Gasteiger partial charge on any atom is 0.313 e. The van der Waals surface area contributed by atoms with Gasteiger partial charge in [0.05, 0.1) is 0 Å². The molecule has 19 heavy (non-hydrogen) atoms. The summed E-state index contributed by atoms with van der Waals surface area (Å²) < 4.78 is 6.26. The second kappa shape index (κ2) is 5.52. The third-order valence-corrected chi connectivity index (χ3v) is 3.06. The minimum absolute atomic E-state index is 0.0222. The van der Waals surface area contributed by atoms with Crippen molar-refractivity contribution in [1.29, 1.82) is 0 Å². The van der Waals surface area contributed by atoms with E-state index in [-0.39, 0.29) is 11.8 Å². The van der Waals surface area contributed by atoms with Crippen LogP contribution in [0.5, 0.6) is 0 Å². The molecule has 0 aliphatic rings. The molecular weight excluding hydrogens is 310 g/mol. The van der Waals surface area contributed by atoms with Crippen molar-refractivity contribution in [2.75, 3.05) is 5.32 Å². The summed E-state index contributed by atoms with van der Waals surface area (Å²) in [4.78, 5) is 12.0. The molecule has 6 heteroatoms. The van der Waals surface area contributed by atoms with E-state index >= 15 is 0 Å². The van der Waals surface area contributed by atoms with Crippen LogP contribution in [0, 0.1) is 6.92 Å². The molecule has 0 fully saturated rings. The molecule has 2 rings (SSSR count). The van der Waals surface area contributed by atoms with Crippen LogP contribution < -0.4 is 5.32 Å². The highest BCUT2D eigenvalue weighted by Gasteiger charge is 2.17. The van der Waals surface area contributed by atoms with E-state index in [1.165, 1.54) is 0 Å². The van der Waals surface area contributed by atoms with Gasteiger partial charge in [-0.2, -0.15) is 0 Å². The Morgan fingerprint density at radius 2 is 2.11 bits per heavy atom. The van der Waals surface area contributed by atoms with Gasteiger partial charge in [-0.15, -0.1) is 10.2 Å². The highest BCUT2D eigenvalue weighted by Crippen LogP contribution is 2.21. The number of hydrogen-bond acceptors (Lipinski definition) is 4. The first kappa shape index (κ1) is 13.7. The van der Waals surface area contributed by atoms with Gasteiger partial charge < -0.3 is 9.73 Å². The summed E-state index contributed by atoms with van der Waals surface area (Å²) in [5, 5.41) is 10.3. The Morgan fingerprint density at radius 3 is 2.68 bits per heavy atom. The Labute approximate surface area is 119 Å². The molecule has 1 aromatic heterocycles. The SMILES string of the molecule is Cc1cc(Br)ccc1NC(=O)c1nnc(C(C)C)o1. The minimum Gasteiger partial charge on any atom is -0.417 e. The number of halogens is 1. The van der Waals surface area contributed by atoms with E-state index < -0.39 is 5.91 Å². The van der Waals surface area contributed by atoms with E-state index in [1.54, 1.807) is 0 Å². The molecule has 100 valence electrons. The van der Waals surface area contributed by atoms with Gasteiger partial charge >= 0.3 is 11.8 Å². The highest BCUT2D eigenvalue weighted by molar-refractivity contribution is 9.10. The van der Waals surface area contributed by atoms with Gasteiger partial charge in [-0.05, 0) is 30.7 Å². The highest BCUT2D eigenvalue weighted by atomic mass is 79.9. The van der Waals surface area contributed by atoms with Crippen molar-refractivity contribution in [3.05, 3.63) is 40.0 Å². The first-order chi connectivity index (χ1) is 8.97. The Hall–Kier alpha value is -1.69. The second-order valence-corrected chi connectivity index (χ2v) is 5.43. The summed E-state index contributed by atoms with van der Waals surface area (Å²) in [6, 6.07) is 5.59. The van der Waals surface area contributed by atoms with Gasteiger partial charge in [0.15, 0.2) is 0 Å². The van der Waals surface area contributed by atoms with Crippen LogP contribution in [0.1, 0.15) is 41.9 Å². The molecule has 0 bridgehead atoms. The quantitative estimate of drug-likeness (QED) is 0.938. The van der Waals surface area contributed by atoms with Crippen molar-refractivity contribution in [3.8, 4) is 0 Å². The third-order valence-electron chi connectivity index (χ3n) is 2.57. The number of anilines is 1. The van der Waals surface area contributed by atoms with E-state index in [0.29, 0.717) is 5.89 Å². The summed E-state index contributed by atoms with van der Waals surface area (Å²) in [6.07, 6.45) is 0. The number of hydrogen-bond donors (Lipinski definition) is 1. The van der Waals surface area contributed by atoms with Crippen LogP contribution in [0.25, 0.3) is 0 Å². The van der Waals surface area contributed by atoms with E-state index in [9.17, 15) is 4.79 Å². The molecule has 0 saturated heterocycles. The van der Waals surface area contributed by atoms with Gasteiger partial charge in [0, 0.05) is 16.1 Å². The molecule has 1 amide bonds. The predicted octanol–water partition coefficient (Wildman–Crippen LogP) is 3.52. The molecule has 0 atom stereocenters. The molecule has 5 nitrogen and oxygen atoms in total. The van der Waals surface area contributed by atoms with Crippen molar-refractivity contribution < 1.29 is 9.21 Å². The van der Waals surface area contributed by atoms with Crippen LogP contribution in [0.15, 0.2) is 27.1 Å².